The average molecular weight is 382 g/mol. The van der Waals surface area contributed by atoms with Crippen LogP contribution in [0, 0.1) is 0 Å². The van der Waals surface area contributed by atoms with E-state index in [4.69, 9.17) is 11.6 Å². The molecule has 4 aromatic rings. The van der Waals surface area contributed by atoms with Crippen molar-refractivity contribution in [2.24, 2.45) is 0 Å². The van der Waals surface area contributed by atoms with Crippen LogP contribution in [0.4, 0.5) is 5.69 Å². The van der Waals surface area contributed by atoms with Gasteiger partial charge in [-0.15, -0.1) is 11.3 Å². The first-order valence-corrected chi connectivity index (χ1v) is 9.40. The van der Waals surface area contributed by atoms with Crippen LogP contribution in [0.25, 0.3) is 16.2 Å². The zero-order valence-corrected chi connectivity index (χ0v) is 15.7. The van der Waals surface area contributed by atoms with Gasteiger partial charge in [0, 0.05) is 40.6 Å². The number of hydrogen-bond acceptors (Lipinski definition) is 3. The first-order chi connectivity index (χ1) is 12.6. The molecule has 0 radical (unpaired) electrons. The molecule has 0 fully saturated rings. The maximum Gasteiger partial charge on any atom is 0.232 e. The number of halogens is 1. The van der Waals surface area contributed by atoms with E-state index >= 15 is 0 Å². The van der Waals surface area contributed by atoms with Gasteiger partial charge in [-0.3, -0.25) is 9.20 Å². The lowest BCUT2D eigenvalue weighted by molar-refractivity contribution is -0.117. The topological polar surface area (TPSA) is 37.6 Å². The molecule has 6 heteroatoms. The van der Waals surface area contributed by atoms with Gasteiger partial charge in [0.25, 0.3) is 0 Å². The normalized spacial score (nSPS) is 11.0. The maximum absolute atomic E-state index is 12.7. The summed E-state index contributed by atoms with van der Waals surface area (Å²) < 4.78 is 1.99. The van der Waals surface area contributed by atoms with Crippen molar-refractivity contribution in [2.75, 3.05) is 11.9 Å². The van der Waals surface area contributed by atoms with Crippen molar-refractivity contribution in [3.8, 4) is 11.3 Å². The van der Waals surface area contributed by atoms with E-state index in [0.717, 1.165) is 27.6 Å². The maximum atomic E-state index is 12.7. The SMILES string of the molecule is CN(C(=O)Cc1csc2nc(-c3ccc(Cl)cc3)cn12)c1ccccc1. The van der Waals surface area contributed by atoms with Crippen molar-refractivity contribution < 1.29 is 4.79 Å². The number of amides is 1. The lowest BCUT2D eigenvalue weighted by Gasteiger charge is -2.16. The molecule has 2 aromatic carbocycles. The van der Waals surface area contributed by atoms with Gasteiger partial charge in [0.2, 0.25) is 5.91 Å². The molecule has 4 nitrogen and oxygen atoms in total. The average Bonchev–Trinajstić information content (AvgIpc) is 3.24. The number of aromatic nitrogens is 2. The molecule has 26 heavy (non-hydrogen) atoms. The van der Waals surface area contributed by atoms with Gasteiger partial charge in [-0.05, 0) is 24.3 Å². The summed E-state index contributed by atoms with van der Waals surface area (Å²) in [6, 6.07) is 17.2. The number of anilines is 1. The minimum absolute atomic E-state index is 0.0395. The van der Waals surface area contributed by atoms with Gasteiger partial charge in [-0.1, -0.05) is 41.9 Å². The Morgan fingerprint density at radius 2 is 1.88 bits per heavy atom. The number of hydrogen-bond donors (Lipinski definition) is 0. The Morgan fingerprint density at radius 3 is 2.62 bits per heavy atom. The Hall–Kier alpha value is -2.63. The number of carbonyl (C=O) groups is 1. The van der Waals surface area contributed by atoms with E-state index < -0.39 is 0 Å². The number of benzene rings is 2. The molecule has 0 unspecified atom stereocenters. The summed E-state index contributed by atoms with van der Waals surface area (Å²) in [6.07, 6.45) is 2.29. The number of para-hydroxylation sites is 1. The largest absolute Gasteiger partial charge is 0.315 e. The quantitative estimate of drug-likeness (QED) is 0.503. The van der Waals surface area contributed by atoms with Gasteiger partial charge in [-0.2, -0.15) is 0 Å². The van der Waals surface area contributed by atoms with Crippen LogP contribution in [0.5, 0.6) is 0 Å². The van der Waals surface area contributed by atoms with Crippen molar-refractivity contribution >= 4 is 39.5 Å². The fourth-order valence-corrected chi connectivity index (χ4v) is 3.78. The third-order valence-corrected chi connectivity index (χ3v) is 5.41. The molecule has 0 saturated heterocycles. The van der Waals surface area contributed by atoms with E-state index in [2.05, 4.69) is 4.98 Å². The summed E-state index contributed by atoms with van der Waals surface area (Å²) in [4.78, 5) is 19.9. The van der Waals surface area contributed by atoms with Crippen LogP contribution < -0.4 is 4.90 Å². The van der Waals surface area contributed by atoms with E-state index in [1.54, 1.807) is 11.9 Å². The standard InChI is InChI=1S/C20H16ClN3OS/c1-23(16-5-3-2-4-6-16)19(25)11-17-13-26-20-22-18(12-24(17)20)14-7-9-15(21)10-8-14/h2-10,12-13H,11H2,1H3. The molecule has 0 aliphatic rings. The van der Waals surface area contributed by atoms with Crippen molar-refractivity contribution in [3.05, 3.63) is 76.9 Å². The number of imidazole rings is 1. The highest BCUT2D eigenvalue weighted by Crippen LogP contribution is 2.25. The van der Waals surface area contributed by atoms with Crippen molar-refractivity contribution in [3.63, 3.8) is 0 Å². The van der Waals surface area contributed by atoms with Crippen molar-refractivity contribution in [1.29, 1.82) is 0 Å². The van der Waals surface area contributed by atoms with Gasteiger partial charge in [0.05, 0.1) is 12.1 Å². The molecular weight excluding hydrogens is 366 g/mol. The van der Waals surface area contributed by atoms with Crippen molar-refractivity contribution in [2.45, 2.75) is 6.42 Å². The summed E-state index contributed by atoms with van der Waals surface area (Å²) in [5, 5.41) is 2.69. The van der Waals surface area contributed by atoms with Crippen molar-refractivity contribution in [1.82, 2.24) is 9.38 Å². The van der Waals surface area contributed by atoms with Gasteiger partial charge < -0.3 is 4.90 Å². The van der Waals surface area contributed by atoms with Gasteiger partial charge in [0.15, 0.2) is 4.96 Å². The van der Waals surface area contributed by atoms with Crippen LogP contribution in [0.2, 0.25) is 5.02 Å². The monoisotopic (exact) mass is 381 g/mol. The first-order valence-electron chi connectivity index (χ1n) is 8.15. The highest BCUT2D eigenvalue weighted by molar-refractivity contribution is 7.15. The number of fused-ring (bicyclic) bond motifs is 1. The van der Waals surface area contributed by atoms with Crippen LogP contribution in [0.15, 0.2) is 66.2 Å². The number of thiazole rings is 1. The zero-order valence-electron chi connectivity index (χ0n) is 14.1. The minimum atomic E-state index is 0.0395. The van der Waals surface area contributed by atoms with E-state index in [1.807, 2.05) is 70.6 Å². The second kappa shape index (κ2) is 6.94. The summed E-state index contributed by atoms with van der Waals surface area (Å²) in [6.45, 7) is 0. The zero-order chi connectivity index (χ0) is 18.1. The summed E-state index contributed by atoms with van der Waals surface area (Å²) >= 11 is 7.49. The summed E-state index contributed by atoms with van der Waals surface area (Å²) in [5.41, 5.74) is 3.70. The number of likely N-dealkylation sites (N-methyl/N-ethyl adjacent to an activating group) is 1. The molecule has 2 heterocycles. The Labute approximate surface area is 160 Å². The molecule has 1 amide bonds. The molecule has 0 spiro atoms. The van der Waals surface area contributed by atoms with Crippen LogP contribution in [0.3, 0.4) is 0 Å². The number of rotatable bonds is 4. The second-order valence-electron chi connectivity index (χ2n) is 5.98. The first kappa shape index (κ1) is 16.8. The summed E-state index contributed by atoms with van der Waals surface area (Å²) in [5.74, 6) is 0.0395. The Morgan fingerprint density at radius 1 is 1.15 bits per heavy atom. The third kappa shape index (κ3) is 3.23. The van der Waals surface area contributed by atoms with Crippen LogP contribution in [0.1, 0.15) is 5.69 Å². The Balaban J connectivity index is 1.59. The van der Waals surface area contributed by atoms with E-state index in [1.165, 1.54) is 11.3 Å². The molecule has 0 aliphatic heterocycles. The van der Waals surface area contributed by atoms with E-state index in [0.29, 0.717) is 11.4 Å². The van der Waals surface area contributed by atoms with Gasteiger partial charge in [-0.25, -0.2) is 4.98 Å². The lowest BCUT2D eigenvalue weighted by atomic mass is 10.2. The molecule has 2 aromatic heterocycles. The highest BCUT2D eigenvalue weighted by atomic mass is 35.5. The second-order valence-corrected chi connectivity index (χ2v) is 7.25. The molecule has 0 bridgehead atoms. The van der Waals surface area contributed by atoms with E-state index in [9.17, 15) is 4.79 Å². The van der Waals surface area contributed by atoms with E-state index in [-0.39, 0.29) is 5.91 Å². The minimum Gasteiger partial charge on any atom is -0.315 e. The molecule has 0 N–H and O–H groups in total. The molecule has 0 atom stereocenters. The molecule has 4 rings (SSSR count). The number of carbonyl (C=O) groups excluding carboxylic acids is 1. The highest BCUT2D eigenvalue weighted by Gasteiger charge is 2.16. The molecular formula is C20H16ClN3OS. The molecule has 130 valence electrons. The smallest absolute Gasteiger partial charge is 0.232 e. The van der Waals surface area contributed by atoms with Gasteiger partial charge in [0.1, 0.15) is 0 Å². The fraction of sp³-hybridized carbons (Fsp3) is 0.100. The predicted octanol–water partition coefficient (Wildman–Crippen LogP) is 4.92. The number of nitrogens with zero attached hydrogens (tertiary/aromatic N) is 3. The van der Waals surface area contributed by atoms with Crippen LogP contribution in [-0.4, -0.2) is 22.3 Å². The van der Waals surface area contributed by atoms with Gasteiger partial charge >= 0.3 is 0 Å². The van der Waals surface area contributed by atoms with Crippen LogP contribution in [-0.2, 0) is 11.2 Å². The Kier molecular flexibility index (Phi) is 4.49. The fourth-order valence-electron chi connectivity index (χ4n) is 2.79. The van der Waals surface area contributed by atoms with Crippen LogP contribution >= 0.6 is 22.9 Å². The summed E-state index contributed by atoms with van der Waals surface area (Å²) in [7, 11) is 1.80. The lowest BCUT2D eigenvalue weighted by Crippen LogP contribution is -2.28. The third-order valence-electron chi connectivity index (χ3n) is 4.27. The molecule has 0 saturated carbocycles. The Bertz CT molecular complexity index is 1050. The predicted molar refractivity (Wildman–Crippen MR) is 107 cm³/mol. The molecule has 0 aliphatic carbocycles.